The standard InChI is InChI=1S/C17H18FN3O/c1-3-13-10-14(4-5-15(13)18)20-8-9-21(17(20)22)16-11-19-7-6-12(16)2/h4-7,10-11H,3,8-9H2,1-2H3. The van der Waals surface area contributed by atoms with E-state index in [0.29, 0.717) is 25.1 Å². The van der Waals surface area contributed by atoms with Gasteiger partial charge in [-0.3, -0.25) is 14.8 Å². The number of carbonyl (C=O) groups excluding carboxylic acids is 1. The van der Waals surface area contributed by atoms with Crippen LogP contribution in [0.4, 0.5) is 20.6 Å². The summed E-state index contributed by atoms with van der Waals surface area (Å²) in [6, 6.07) is 6.64. The molecule has 2 amide bonds. The Labute approximate surface area is 129 Å². The number of hydrogen-bond donors (Lipinski definition) is 0. The third-order valence-corrected chi connectivity index (χ3v) is 4.03. The van der Waals surface area contributed by atoms with Crippen LogP contribution in [-0.2, 0) is 6.42 Å². The van der Waals surface area contributed by atoms with E-state index in [4.69, 9.17) is 0 Å². The summed E-state index contributed by atoms with van der Waals surface area (Å²) in [5.41, 5.74) is 3.21. The zero-order valence-corrected chi connectivity index (χ0v) is 12.7. The molecule has 0 spiro atoms. The van der Waals surface area contributed by atoms with Gasteiger partial charge >= 0.3 is 6.03 Å². The third kappa shape index (κ3) is 2.43. The summed E-state index contributed by atoms with van der Waals surface area (Å²) >= 11 is 0. The minimum atomic E-state index is -0.224. The van der Waals surface area contributed by atoms with Gasteiger partial charge in [-0.05, 0) is 48.7 Å². The highest BCUT2D eigenvalue weighted by molar-refractivity contribution is 6.06. The quantitative estimate of drug-likeness (QED) is 0.869. The molecule has 0 radical (unpaired) electrons. The van der Waals surface area contributed by atoms with E-state index in [9.17, 15) is 9.18 Å². The lowest BCUT2D eigenvalue weighted by atomic mass is 10.1. The maximum Gasteiger partial charge on any atom is 0.329 e. The van der Waals surface area contributed by atoms with Gasteiger partial charge in [0.1, 0.15) is 5.82 Å². The minimum Gasteiger partial charge on any atom is -0.292 e. The van der Waals surface area contributed by atoms with E-state index in [1.54, 1.807) is 34.3 Å². The molecule has 1 fully saturated rings. The fraction of sp³-hybridized carbons (Fsp3) is 0.294. The molecule has 4 nitrogen and oxygen atoms in total. The smallest absolute Gasteiger partial charge is 0.292 e. The Balaban J connectivity index is 1.90. The number of anilines is 2. The van der Waals surface area contributed by atoms with Crippen LogP contribution in [0.5, 0.6) is 0 Å². The second-order valence-electron chi connectivity index (χ2n) is 5.38. The Bertz CT molecular complexity index is 717. The van der Waals surface area contributed by atoms with Gasteiger partial charge in [0.2, 0.25) is 0 Å². The van der Waals surface area contributed by atoms with E-state index in [2.05, 4.69) is 4.98 Å². The summed E-state index contributed by atoms with van der Waals surface area (Å²) in [6.45, 7) is 5.05. The van der Waals surface area contributed by atoms with E-state index in [1.807, 2.05) is 19.9 Å². The van der Waals surface area contributed by atoms with Crippen LogP contribution < -0.4 is 9.80 Å². The lowest BCUT2D eigenvalue weighted by molar-refractivity contribution is 0.256. The summed E-state index contributed by atoms with van der Waals surface area (Å²) in [5, 5.41) is 0. The first kappa shape index (κ1) is 14.5. The molecule has 2 aromatic rings. The topological polar surface area (TPSA) is 36.4 Å². The largest absolute Gasteiger partial charge is 0.329 e. The SMILES string of the molecule is CCc1cc(N2CCN(c3cnccc3C)C2=O)ccc1F. The number of hydrogen-bond acceptors (Lipinski definition) is 2. The van der Waals surface area contributed by atoms with Gasteiger partial charge < -0.3 is 0 Å². The van der Waals surface area contributed by atoms with Crippen molar-refractivity contribution in [1.29, 1.82) is 0 Å². The minimum absolute atomic E-state index is 0.0928. The number of pyridine rings is 1. The third-order valence-electron chi connectivity index (χ3n) is 4.03. The van der Waals surface area contributed by atoms with Crippen molar-refractivity contribution < 1.29 is 9.18 Å². The molecular weight excluding hydrogens is 281 g/mol. The number of benzene rings is 1. The molecule has 22 heavy (non-hydrogen) atoms. The molecule has 1 aliphatic heterocycles. The number of rotatable bonds is 3. The monoisotopic (exact) mass is 299 g/mol. The van der Waals surface area contributed by atoms with Gasteiger partial charge in [-0.15, -0.1) is 0 Å². The van der Waals surface area contributed by atoms with E-state index >= 15 is 0 Å². The summed E-state index contributed by atoms with van der Waals surface area (Å²) in [4.78, 5) is 20.2. The molecule has 0 aliphatic carbocycles. The van der Waals surface area contributed by atoms with Gasteiger partial charge in [-0.25, -0.2) is 9.18 Å². The molecule has 1 aromatic heterocycles. The second kappa shape index (κ2) is 5.75. The molecule has 0 N–H and O–H groups in total. The Hall–Kier alpha value is -2.43. The maximum absolute atomic E-state index is 13.6. The van der Waals surface area contributed by atoms with Crippen molar-refractivity contribution in [3.05, 3.63) is 53.6 Å². The van der Waals surface area contributed by atoms with Gasteiger partial charge in [0.15, 0.2) is 0 Å². The zero-order valence-electron chi connectivity index (χ0n) is 12.7. The number of halogens is 1. The van der Waals surface area contributed by atoms with Gasteiger partial charge in [0.05, 0.1) is 11.9 Å². The normalized spacial score (nSPS) is 14.8. The highest BCUT2D eigenvalue weighted by Crippen LogP contribution is 2.28. The van der Waals surface area contributed by atoms with Crippen molar-refractivity contribution in [3.8, 4) is 0 Å². The molecule has 1 saturated heterocycles. The summed E-state index contributed by atoms with van der Waals surface area (Å²) in [7, 11) is 0. The summed E-state index contributed by atoms with van der Waals surface area (Å²) in [5.74, 6) is -0.224. The van der Waals surface area contributed by atoms with E-state index in [0.717, 1.165) is 16.9 Å². The molecule has 0 atom stereocenters. The van der Waals surface area contributed by atoms with E-state index < -0.39 is 0 Å². The average Bonchev–Trinajstić information content (AvgIpc) is 2.90. The Morgan fingerprint density at radius 3 is 2.73 bits per heavy atom. The molecule has 0 unspecified atom stereocenters. The number of nitrogens with zero attached hydrogens (tertiary/aromatic N) is 3. The van der Waals surface area contributed by atoms with Crippen LogP contribution in [0.15, 0.2) is 36.7 Å². The lowest BCUT2D eigenvalue weighted by Gasteiger charge is -2.20. The molecule has 0 saturated carbocycles. The van der Waals surface area contributed by atoms with E-state index in [1.165, 1.54) is 6.07 Å². The Morgan fingerprint density at radius 2 is 2.00 bits per heavy atom. The maximum atomic E-state index is 13.6. The van der Waals surface area contributed by atoms with Gasteiger partial charge in [0.25, 0.3) is 0 Å². The zero-order chi connectivity index (χ0) is 15.7. The predicted molar refractivity (Wildman–Crippen MR) is 84.8 cm³/mol. The average molecular weight is 299 g/mol. The highest BCUT2D eigenvalue weighted by Gasteiger charge is 2.31. The first-order valence-electron chi connectivity index (χ1n) is 7.40. The van der Waals surface area contributed by atoms with Crippen molar-refractivity contribution in [3.63, 3.8) is 0 Å². The van der Waals surface area contributed by atoms with Crippen LogP contribution in [0.25, 0.3) is 0 Å². The fourth-order valence-corrected chi connectivity index (χ4v) is 2.74. The number of amides is 2. The first-order chi connectivity index (χ1) is 10.6. The molecule has 2 heterocycles. The van der Waals surface area contributed by atoms with Crippen molar-refractivity contribution in [2.45, 2.75) is 20.3 Å². The summed E-state index contributed by atoms with van der Waals surface area (Å²) < 4.78 is 13.6. The predicted octanol–water partition coefficient (Wildman–Crippen LogP) is 3.54. The van der Waals surface area contributed by atoms with Gasteiger partial charge in [-0.1, -0.05) is 6.92 Å². The first-order valence-corrected chi connectivity index (χ1v) is 7.40. The molecule has 1 aliphatic rings. The number of urea groups is 1. The van der Waals surface area contributed by atoms with Gasteiger partial charge in [0, 0.05) is 25.0 Å². The van der Waals surface area contributed by atoms with Crippen LogP contribution in [0.3, 0.4) is 0 Å². The molecule has 1 aromatic carbocycles. The molecule has 0 bridgehead atoms. The van der Waals surface area contributed by atoms with Crippen molar-refractivity contribution in [2.75, 3.05) is 22.9 Å². The molecule has 114 valence electrons. The Kier molecular flexibility index (Phi) is 3.79. The van der Waals surface area contributed by atoms with Crippen molar-refractivity contribution >= 4 is 17.4 Å². The van der Waals surface area contributed by atoms with E-state index in [-0.39, 0.29) is 11.8 Å². The Morgan fingerprint density at radius 1 is 1.23 bits per heavy atom. The summed E-state index contributed by atoms with van der Waals surface area (Å²) in [6.07, 6.45) is 4.02. The van der Waals surface area contributed by atoms with Crippen LogP contribution in [0.1, 0.15) is 18.1 Å². The lowest BCUT2D eigenvalue weighted by Crippen LogP contribution is -2.32. The number of aryl methyl sites for hydroxylation is 2. The highest BCUT2D eigenvalue weighted by atomic mass is 19.1. The molecule has 3 rings (SSSR count). The van der Waals surface area contributed by atoms with Crippen molar-refractivity contribution in [2.24, 2.45) is 0 Å². The van der Waals surface area contributed by atoms with Crippen LogP contribution in [0, 0.1) is 12.7 Å². The van der Waals surface area contributed by atoms with Crippen LogP contribution in [0.2, 0.25) is 0 Å². The van der Waals surface area contributed by atoms with Crippen LogP contribution in [-0.4, -0.2) is 24.1 Å². The van der Waals surface area contributed by atoms with Crippen LogP contribution >= 0.6 is 0 Å². The molecule has 5 heteroatoms. The number of aromatic nitrogens is 1. The molecular formula is C17H18FN3O. The second-order valence-corrected chi connectivity index (χ2v) is 5.38. The fourth-order valence-electron chi connectivity index (χ4n) is 2.74. The van der Waals surface area contributed by atoms with Gasteiger partial charge in [-0.2, -0.15) is 0 Å². The van der Waals surface area contributed by atoms with Crippen molar-refractivity contribution in [1.82, 2.24) is 4.98 Å². The number of carbonyl (C=O) groups is 1.